The average Bonchev–Trinajstić information content (AvgIpc) is 3.05. The summed E-state index contributed by atoms with van der Waals surface area (Å²) in [4.78, 5) is 27.1. The molecule has 0 saturated carbocycles. The van der Waals surface area contributed by atoms with E-state index >= 15 is 0 Å². The molecule has 0 N–H and O–H groups in total. The van der Waals surface area contributed by atoms with Crippen molar-refractivity contribution in [1.82, 2.24) is 4.90 Å². The Labute approximate surface area is 129 Å². The zero-order valence-electron chi connectivity index (χ0n) is 12.7. The van der Waals surface area contributed by atoms with Crippen molar-refractivity contribution in [2.24, 2.45) is 0 Å². The van der Waals surface area contributed by atoms with Gasteiger partial charge in [-0.15, -0.1) is 11.3 Å². The van der Waals surface area contributed by atoms with E-state index in [0.29, 0.717) is 13.0 Å². The molecular formula is C16H21NO3S. The first kappa shape index (κ1) is 15.8. The Morgan fingerprint density at radius 2 is 2.19 bits per heavy atom. The van der Waals surface area contributed by atoms with Crippen LogP contribution in [0.4, 0.5) is 0 Å². The van der Waals surface area contributed by atoms with Crippen molar-refractivity contribution in [2.45, 2.75) is 45.3 Å². The second-order valence-corrected chi connectivity index (χ2v) is 7.05. The number of carbonyl (C=O) groups excluding carboxylic acids is 2. The lowest BCUT2D eigenvalue weighted by molar-refractivity contribution is -0.162. The predicted octanol–water partition coefficient (Wildman–Crippen LogP) is 3.09. The van der Waals surface area contributed by atoms with Gasteiger partial charge in [0.2, 0.25) is 5.91 Å². The van der Waals surface area contributed by atoms with Crippen molar-refractivity contribution >= 4 is 29.3 Å². The number of thiophene rings is 1. The fourth-order valence-corrected chi connectivity index (χ4v) is 2.90. The normalized spacial score (nSPS) is 19.2. The zero-order valence-corrected chi connectivity index (χ0v) is 13.5. The highest BCUT2D eigenvalue weighted by Gasteiger charge is 2.35. The minimum atomic E-state index is -0.527. The number of rotatable bonds is 3. The monoisotopic (exact) mass is 307 g/mol. The molecule has 1 atom stereocenters. The Hall–Kier alpha value is -1.62. The number of nitrogens with zero attached hydrogens (tertiary/aromatic N) is 1. The molecule has 1 amide bonds. The standard InChI is InChI=1S/C16H21NO3S/c1-16(2,3)20-15(19)13-7-4-10-17(13)14(18)9-8-12-6-5-11-21-12/h5-6,8-9,11,13H,4,7,10H2,1-3H3/b9-8+/t13-/m0/s1. The molecule has 2 heterocycles. The highest BCUT2D eigenvalue weighted by molar-refractivity contribution is 7.10. The maximum atomic E-state index is 12.3. The zero-order chi connectivity index (χ0) is 15.5. The molecule has 1 fully saturated rings. The summed E-state index contributed by atoms with van der Waals surface area (Å²) in [6, 6.07) is 3.43. The van der Waals surface area contributed by atoms with E-state index in [1.54, 1.807) is 22.3 Å². The predicted molar refractivity (Wildman–Crippen MR) is 83.9 cm³/mol. The minimum absolute atomic E-state index is 0.128. The molecule has 5 heteroatoms. The summed E-state index contributed by atoms with van der Waals surface area (Å²) in [6.45, 7) is 6.12. The highest BCUT2D eigenvalue weighted by atomic mass is 32.1. The smallest absolute Gasteiger partial charge is 0.329 e. The van der Waals surface area contributed by atoms with Gasteiger partial charge in [0.15, 0.2) is 0 Å². The van der Waals surface area contributed by atoms with Crippen LogP contribution in [0.1, 0.15) is 38.5 Å². The van der Waals surface area contributed by atoms with Crippen LogP contribution in [0, 0.1) is 0 Å². The van der Waals surface area contributed by atoms with Gasteiger partial charge < -0.3 is 9.64 Å². The maximum absolute atomic E-state index is 12.3. The number of ether oxygens (including phenoxy) is 1. The molecule has 1 aromatic heterocycles. The highest BCUT2D eigenvalue weighted by Crippen LogP contribution is 2.22. The lowest BCUT2D eigenvalue weighted by atomic mass is 10.1. The third kappa shape index (κ3) is 4.43. The Bertz CT molecular complexity index is 528. The maximum Gasteiger partial charge on any atom is 0.329 e. The molecule has 114 valence electrons. The number of esters is 1. The molecule has 21 heavy (non-hydrogen) atoms. The average molecular weight is 307 g/mol. The summed E-state index contributed by atoms with van der Waals surface area (Å²) in [7, 11) is 0. The van der Waals surface area contributed by atoms with Crippen molar-refractivity contribution in [3.8, 4) is 0 Å². The summed E-state index contributed by atoms with van der Waals surface area (Å²) < 4.78 is 5.40. The van der Waals surface area contributed by atoms with Crippen molar-refractivity contribution in [3.05, 3.63) is 28.5 Å². The minimum Gasteiger partial charge on any atom is -0.458 e. The van der Waals surface area contributed by atoms with Crippen molar-refractivity contribution in [2.75, 3.05) is 6.54 Å². The lowest BCUT2D eigenvalue weighted by Crippen LogP contribution is -2.42. The van der Waals surface area contributed by atoms with Crippen LogP contribution in [0.25, 0.3) is 6.08 Å². The van der Waals surface area contributed by atoms with Gasteiger partial charge in [-0.2, -0.15) is 0 Å². The molecule has 1 saturated heterocycles. The number of carbonyl (C=O) groups is 2. The van der Waals surface area contributed by atoms with Crippen LogP contribution in [0.2, 0.25) is 0 Å². The molecule has 4 nitrogen and oxygen atoms in total. The van der Waals surface area contributed by atoms with E-state index in [9.17, 15) is 9.59 Å². The molecule has 0 radical (unpaired) electrons. The molecule has 1 aliphatic rings. The van der Waals surface area contributed by atoms with E-state index < -0.39 is 11.6 Å². The van der Waals surface area contributed by atoms with E-state index in [1.807, 2.05) is 38.3 Å². The molecule has 0 bridgehead atoms. The lowest BCUT2D eigenvalue weighted by Gasteiger charge is -2.26. The van der Waals surface area contributed by atoms with Crippen LogP contribution in [0.5, 0.6) is 0 Å². The van der Waals surface area contributed by atoms with Gasteiger partial charge in [-0.25, -0.2) is 4.79 Å². The first-order valence-corrected chi connectivity index (χ1v) is 8.00. The summed E-state index contributed by atoms with van der Waals surface area (Å²) in [5.41, 5.74) is -0.527. The van der Waals surface area contributed by atoms with Gasteiger partial charge in [-0.3, -0.25) is 4.79 Å². The van der Waals surface area contributed by atoms with Crippen LogP contribution < -0.4 is 0 Å². The topological polar surface area (TPSA) is 46.6 Å². The van der Waals surface area contributed by atoms with Gasteiger partial charge in [0, 0.05) is 17.5 Å². The summed E-state index contributed by atoms with van der Waals surface area (Å²) in [5.74, 6) is -0.436. The van der Waals surface area contributed by atoms with Gasteiger partial charge in [0.1, 0.15) is 11.6 Å². The second kappa shape index (κ2) is 6.43. The summed E-state index contributed by atoms with van der Waals surface area (Å²) >= 11 is 1.57. The molecule has 0 spiro atoms. The quantitative estimate of drug-likeness (QED) is 0.637. The molecule has 1 aromatic rings. The van der Waals surface area contributed by atoms with Crippen molar-refractivity contribution in [1.29, 1.82) is 0 Å². The van der Waals surface area contributed by atoms with E-state index in [1.165, 1.54) is 6.08 Å². The Kier molecular flexibility index (Phi) is 4.83. The fourth-order valence-electron chi connectivity index (χ4n) is 2.28. The van der Waals surface area contributed by atoms with E-state index in [4.69, 9.17) is 4.74 Å². The van der Waals surface area contributed by atoms with E-state index in [-0.39, 0.29) is 11.9 Å². The van der Waals surface area contributed by atoms with E-state index in [2.05, 4.69) is 0 Å². The Morgan fingerprint density at radius 1 is 1.43 bits per heavy atom. The van der Waals surface area contributed by atoms with Gasteiger partial charge in [-0.1, -0.05) is 6.07 Å². The molecule has 2 rings (SSSR count). The second-order valence-electron chi connectivity index (χ2n) is 6.07. The SMILES string of the molecule is CC(C)(C)OC(=O)[C@@H]1CCCN1C(=O)/C=C/c1cccs1. The Balaban J connectivity index is 2.01. The van der Waals surface area contributed by atoms with Crippen LogP contribution in [0.3, 0.4) is 0 Å². The summed E-state index contributed by atoms with van der Waals surface area (Å²) in [6.07, 6.45) is 4.84. The van der Waals surface area contributed by atoms with Crippen molar-refractivity contribution in [3.63, 3.8) is 0 Å². The van der Waals surface area contributed by atoms with Crippen LogP contribution in [-0.4, -0.2) is 35.0 Å². The molecule has 0 aliphatic carbocycles. The van der Waals surface area contributed by atoms with E-state index in [0.717, 1.165) is 11.3 Å². The molecule has 0 aromatic carbocycles. The van der Waals surface area contributed by atoms with Gasteiger partial charge in [0.05, 0.1) is 0 Å². The number of likely N-dealkylation sites (tertiary alicyclic amines) is 1. The first-order chi connectivity index (χ1) is 9.87. The van der Waals surface area contributed by atoms with Crippen molar-refractivity contribution < 1.29 is 14.3 Å². The number of hydrogen-bond acceptors (Lipinski definition) is 4. The number of amides is 1. The van der Waals surface area contributed by atoms with Gasteiger partial charge in [0.25, 0.3) is 0 Å². The number of hydrogen-bond donors (Lipinski definition) is 0. The van der Waals surface area contributed by atoms with Crippen LogP contribution >= 0.6 is 11.3 Å². The molecule has 1 aliphatic heterocycles. The molecular weight excluding hydrogens is 286 g/mol. The van der Waals surface area contributed by atoms with Crippen LogP contribution in [0.15, 0.2) is 23.6 Å². The van der Waals surface area contributed by atoms with Gasteiger partial charge in [-0.05, 0) is 51.1 Å². The van der Waals surface area contributed by atoms with Crippen LogP contribution in [-0.2, 0) is 14.3 Å². The third-order valence-electron chi connectivity index (χ3n) is 3.15. The molecule has 0 unspecified atom stereocenters. The fraction of sp³-hybridized carbons (Fsp3) is 0.500. The first-order valence-electron chi connectivity index (χ1n) is 7.12. The Morgan fingerprint density at radius 3 is 2.81 bits per heavy atom. The largest absolute Gasteiger partial charge is 0.458 e. The third-order valence-corrected chi connectivity index (χ3v) is 3.99. The summed E-state index contributed by atoms with van der Waals surface area (Å²) in [5, 5.41) is 1.96. The van der Waals surface area contributed by atoms with Gasteiger partial charge >= 0.3 is 5.97 Å².